The minimum atomic E-state index is -0.739. The van der Waals surface area contributed by atoms with E-state index < -0.39 is 5.97 Å². The van der Waals surface area contributed by atoms with Gasteiger partial charge in [0.15, 0.2) is 0 Å². The number of carboxylic acid groups (broad SMARTS) is 1. The number of esters is 1. The van der Waals surface area contributed by atoms with E-state index in [1.165, 1.54) is 44.6 Å². The van der Waals surface area contributed by atoms with Gasteiger partial charge in [0.1, 0.15) is 6.10 Å². The summed E-state index contributed by atoms with van der Waals surface area (Å²) in [6.07, 6.45) is 18.6. The molecule has 0 spiro atoms. The molecule has 1 atom stereocenters. The first kappa shape index (κ1) is 25.7. The molecule has 0 saturated carbocycles. The number of rotatable bonds is 16. The van der Waals surface area contributed by atoms with Gasteiger partial charge in [-0.15, -0.1) is 0 Å². The topological polar surface area (TPSA) is 63.6 Å². The van der Waals surface area contributed by atoms with E-state index in [1.54, 1.807) is 0 Å². The zero-order valence-corrected chi connectivity index (χ0v) is 18.6. The molecule has 30 heavy (non-hydrogen) atoms. The number of ether oxygens (including phenoxy) is 1. The van der Waals surface area contributed by atoms with Gasteiger partial charge in [0.2, 0.25) is 0 Å². The van der Waals surface area contributed by atoms with Crippen molar-refractivity contribution in [3.05, 3.63) is 53.6 Å². The third-order valence-corrected chi connectivity index (χ3v) is 5.01. The van der Waals surface area contributed by atoms with Gasteiger partial charge in [-0.2, -0.15) is 0 Å². The summed E-state index contributed by atoms with van der Waals surface area (Å²) in [6.45, 7) is 3.67. The lowest BCUT2D eigenvalue weighted by Gasteiger charge is -2.12. The number of aryl methyl sites for hydroxylation is 1. The van der Waals surface area contributed by atoms with Crippen LogP contribution in [0.3, 0.4) is 0 Å². The van der Waals surface area contributed by atoms with E-state index in [0.717, 1.165) is 31.2 Å². The predicted molar refractivity (Wildman–Crippen MR) is 123 cm³/mol. The standard InChI is InChI=1S/C26H38O4/c1-3-4-5-6-7-8-19-25(30-22(2)27)20-13-11-17-23-15-9-10-16-24(23)18-12-14-21-26(28)29/h9-11,13,15-17,20,25H,3-8,12,14,18-19,21H2,1-2H3,(H,28,29). The van der Waals surface area contributed by atoms with Crippen molar-refractivity contribution in [3.63, 3.8) is 0 Å². The van der Waals surface area contributed by atoms with E-state index >= 15 is 0 Å². The maximum Gasteiger partial charge on any atom is 0.303 e. The highest BCUT2D eigenvalue weighted by atomic mass is 16.5. The second kappa shape index (κ2) is 16.4. The van der Waals surface area contributed by atoms with E-state index in [4.69, 9.17) is 9.84 Å². The molecular weight excluding hydrogens is 376 g/mol. The number of hydrogen-bond donors (Lipinski definition) is 1. The molecule has 0 amide bonds. The van der Waals surface area contributed by atoms with Crippen molar-refractivity contribution < 1.29 is 19.4 Å². The summed E-state index contributed by atoms with van der Waals surface area (Å²) in [5.74, 6) is -0.983. The molecule has 0 saturated heterocycles. The average molecular weight is 415 g/mol. The molecule has 0 aliphatic rings. The highest BCUT2D eigenvalue weighted by Crippen LogP contribution is 2.15. The van der Waals surface area contributed by atoms with E-state index in [9.17, 15) is 9.59 Å². The van der Waals surface area contributed by atoms with Crippen LogP contribution in [0.1, 0.15) is 89.2 Å². The van der Waals surface area contributed by atoms with Crippen LogP contribution >= 0.6 is 0 Å². The number of unbranched alkanes of at least 4 members (excludes halogenated alkanes) is 6. The highest BCUT2D eigenvalue weighted by Gasteiger charge is 2.07. The molecule has 0 aliphatic heterocycles. The summed E-state index contributed by atoms with van der Waals surface area (Å²) in [6, 6.07) is 8.17. The predicted octanol–water partition coefficient (Wildman–Crippen LogP) is 6.74. The van der Waals surface area contributed by atoms with Crippen molar-refractivity contribution in [1.29, 1.82) is 0 Å². The van der Waals surface area contributed by atoms with Gasteiger partial charge in [-0.1, -0.05) is 81.5 Å². The van der Waals surface area contributed by atoms with Crippen LogP contribution in [0.2, 0.25) is 0 Å². The number of hydrogen-bond acceptors (Lipinski definition) is 3. The van der Waals surface area contributed by atoms with E-state index in [0.29, 0.717) is 6.42 Å². The number of carbonyl (C=O) groups excluding carboxylic acids is 1. The Labute approximate surface area is 182 Å². The fourth-order valence-electron chi connectivity index (χ4n) is 3.40. The van der Waals surface area contributed by atoms with Gasteiger partial charge in [0.25, 0.3) is 0 Å². The van der Waals surface area contributed by atoms with Gasteiger partial charge in [-0.25, -0.2) is 0 Å². The first-order valence-corrected chi connectivity index (χ1v) is 11.3. The maximum absolute atomic E-state index is 11.4. The lowest BCUT2D eigenvalue weighted by Crippen LogP contribution is -2.13. The minimum Gasteiger partial charge on any atom is -0.481 e. The summed E-state index contributed by atoms with van der Waals surface area (Å²) in [5, 5.41) is 8.76. The van der Waals surface area contributed by atoms with Crippen molar-refractivity contribution >= 4 is 18.0 Å². The minimum absolute atomic E-state index is 0.176. The molecule has 166 valence electrons. The smallest absolute Gasteiger partial charge is 0.303 e. The number of carbonyl (C=O) groups is 2. The molecule has 0 radical (unpaired) electrons. The highest BCUT2D eigenvalue weighted by molar-refractivity contribution is 5.66. The monoisotopic (exact) mass is 414 g/mol. The molecule has 1 rings (SSSR count). The molecule has 1 N–H and O–H groups in total. The maximum atomic E-state index is 11.4. The van der Waals surface area contributed by atoms with Gasteiger partial charge in [-0.3, -0.25) is 9.59 Å². The van der Waals surface area contributed by atoms with Crippen molar-refractivity contribution in [2.75, 3.05) is 0 Å². The summed E-state index contributed by atoms with van der Waals surface area (Å²) in [7, 11) is 0. The third kappa shape index (κ3) is 13.0. The fourth-order valence-corrected chi connectivity index (χ4v) is 3.40. The average Bonchev–Trinajstić information content (AvgIpc) is 2.71. The van der Waals surface area contributed by atoms with Crippen molar-refractivity contribution in [3.8, 4) is 0 Å². The van der Waals surface area contributed by atoms with Crippen LogP contribution in [0, 0.1) is 0 Å². The van der Waals surface area contributed by atoms with E-state index in [2.05, 4.69) is 25.1 Å². The fraction of sp³-hybridized carbons (Fsp3) is 0.538. The molecule has 1 unspecified atom stereocenters. The summed E-state index contributed by atoms with van der Waals surface area (Å²) in [4.78, 5) is 22.0. The Hall–Kier alpha value is -2.36. The third-order valence-electron chi connectivity index (χ3n) is 5.01. The SMILES string of the molecule is CCCCCCCCC(C=CC=Cc1ccccc1CCCCC(=O)O)OC(C)=O. The second-order valence-corrected chi connectivity index (χ2v) is 7.75. The molecule has 1 aromatic carbocycles. The Morgan fingerprint density at radius 3 is 2.47 bits per heavy atom. The number of aliphatic carboxylic acids is 1. The Kier molecular flexibility index (Phi) is 14.1. The first-order valence-electron chi connectivity index (χ1n) is 11.3. The molecule has 0 aromatic heterocycles. The van der Waals surface area contributed by atoms with Crippen LogP contribution in [0.4, 0.5) is 0 Å². The van der Waals surface area contributed by atoms with Crippen molar-refractivity contribution in [2.45, 2.75) is 90.6 Å². The van der Waals surface area contributed by atoms with Gasteiger partial charge >= 0.3 is 11.9 Å². The normalized spacial score (nSPS) is 12.5. The van der Waals surface area contributed by atoms with Crippen LogP contribution < -0.4 is 0 Å². The molecule has 4 nitrogen and oxygen atoms in total. The van der Waals surface area contributed by atoms with Crippen LogP contribution in [-0.2, 0) is 20.7 Å². The molecule has 0 fully saturated rings. The van der Waals surface area contributed by atoms with E-state index in [-0.39, 0.29) is 18.5 Å². The molecule has 4 heteroatoms. The molecular formula is C26H38O4. The van der Waals surface area contributed by atoms with E-state index in [1.807, 2.05) is 30.4 Å². The van der Waals surface area contributed by atoms with Gasteiger partial charge in [-0.05, 0) is 49.3 Å². The lowest BCUT2D eigenvalue weighted by atomic mass is 10.0. The van der Waals surface area contributed by atoms with Gasteiger partial charge in [0.05, 0.1) is 0 Å². The van der Waals surface area contributed by atoms with Gasteiger partial charge < -0.3 is 9.84 Å². The van der Waals surface area contributed by atoms with Crippen LogP contribution in [0.5, 0.6) is 0 Å². The Morgan fingerprint density at radius 1 is 1.00 bits per heavy atom. The largest absolute Gasteiger partial charge is 0.481 e. The van der Waals surface area contributed by atoms with Crippen molar-refractivity contribution in [2.24, 2.45) is 0 Å². The molecule has 0 heterocycles. The van der Waals surface area contributed by atoms with Crippen LogP contribution in [0.15, 0.2) is 42.5 Å². The van der Waals surface area contributed by atoms with Gasteiger partial charge in [0, 0.05) is 13.3 Å². The Balaban J connectivity index is 2.54. The van der Waals surface area contributed by atoms with Crippen molar-refractivity contribution in [1.82, 2.24) is 0 Å². The summed E-state index contributed by atoms with van der Waals surface area (Å²) < 4.78 is 5.43. The number of allylic oxidation sites excluding steroid dienone is 2. The quantitative estimate of drug-likeness (QED) is 0.185. The summed E-state index contributed by atoms with van der Waals surface area (Å²) in [5.41, 5.74) is 2.36. The molecule has 0 aliphatic carbocycles. The molecule has 0 bridgehead atoms. The number of benzene rings is 1. The summed E-state index contributed by atoms with van der Waals surface area (Å²) >= 11 is 0. The second-order valence-electron chi connectivity index (χ2n) is 7.75. The molecule has 1 aromatic rings. The first-order chi connectivity index (χ1) is 14.5. The lowest BCUT2D eigenvalue weighted by molar-refractivity contribution is -0.144. The number of carboxylic acids is 1. The Morgan fingerprint density at radius 2 is 1.73 bits per heavy atom. The van der Waals surface area contributed by atoms with Crippen LogP contribution in [0.25, 0.3) is 6.08 Å². The Bertz CT molecular complexity index is 675. The van der Waals surface area contributed by atoms with Crippen LogP contribution in [-0.4, -0.2) is 23.1 Å². The zero-order chi connectivity index (χ0) is 22.0. The zero-order valence-electron chi connectivity index (χ0n) is 18.6.